The third-order valence-electron chi connectivity index (χ3n) is 4.09. The molecule has 0 radical (unpaired) electrons. The molecule has 0 spiro atoms. The van der Waals surface area contributed by atoms with E-state index in [1.54, 1.807) is 12.1 Å². The van der Waals surface area contributed by atoms with Gasteiger partial charge in [0.25, 0.3) is 0 Å². The van der Waals surface area contributed by atoms with Gasteiger partial charge in [-0.15, -0.1) is 12.4 Å². The zero-order valence-electron chi connectivity index (χ0n) is 15.0. The second-order valence-electron chi connectivity index (χ2n) is 6.08. The predicted molar refractivity (Wildman–Crippen MR) is 105 cm³/mol. The number of rotatable bonds is 11. The number of ether oxygens (including phenoxy) is 1. The van der Waals surface area contributed by atoms with E-state index in [0.29, 0.717) is 5.56 Å². The van der Waals surface area contributed by atoms with Gasteiger partial charge < -0.3 is 10.1 Å². The van der Waals surface area contributed by atoms with Crippen LogP contribution in [0.3, 0.4) is 0 Å². The van der Waals surface area contributed by atoms with Crippen LogP contribution >= 0.6 is 12.4 Å². The van der Waals surface area contributed by atoms with Crippen molar-refractivity contribution in [3.05, 3.63) is 65.5 Å². The molecular weight excluding hydrogens is 337 g/mol. The standard InChI is InChI=1S/C21H28FNO.ClH/c1-2-3-4-5-10-15-23-16-18-11-7-9-14-21(18)24-17-19-12-6-8-13-20(19)22;/h6-9,11-14,23H,2-5,10,15-17H2,1H3;1H. The van der Waals surface area contributed by atoms with Gasteiger partial charge in [-0.25, -0.2) is 4.39 Å². The molecule has 0 unspecified atom stereocenters. The zero-order chi connectivity index (χ0) is 17.0. The summed E-state index contributed by atoms with van der Waals surface area (Å²) in [7, 11) is 0. The van der Waals surface area contributed by atoms with Crippen LogP contribution < -0.4 is 10.1 Å². The smallest absolute Gasteiger partial charge is 0.129 e. The molecule has 0 saturated heterocycles. The normalized spacial score (nSPS) is 10.3. The van der Waals surface area contributed by atoms with Gasteiger partial charge in [0.2, 0.25) is 0 Å². The monoisotopic (exact) mass is 365 g/mol. The van der Waals surface area contributed by atoms with E-state index in [4.69, 9.17) is 4.74 Å². The van der Waals surface area contributed by atoms with Crippen LogP contribution in [0.5, 0.6) is 5.75 Å². The van der Waals surface area contributed by atoms with Crippen LogP contribution in [0, 0.1) is 5.82 Å². The summed E-state index contributed by atoms with van der Waals surface area (Å²) in [4.78, 5) is 0. The maximum Gasteiger partial charge on any atom is 0.129 e. The lowest BCUT2D eigenvalue weighted by Crippen LogP contribution is -2.15. The van der Waals surface area contributed by atoms with Crippen molar-refractivity contribution in [2.24, 2.45) is 0 Å². The fourth-order valence-electron chi connectivity index (χ4n) is 2.64. The molecular formula is C21H29ClFNO. The summed E-state index contributed by atoms with van der Waals surface area (Å²) in [5, 5.41) is 3.47. The summed E-state index contributed by atoms with van der Waals surface area (Å²) in [6, 6.07) is 14.7. The van der Waals surface area contributed by atoms with Crippen molar-refractivity contribution < 1.29 is 9.13 Å². The first-order valence-corrected chi connectivity index (χ1v) is 8.96. The minimum Gasteiger partial charge on any atom is -0.488 e. The molecule has 0 heterocycles. The highest BCUT2D eigenvalue weighted by Crippen LogP contribution is 2.20. The summed E-state index contributed by atoms with van der Waals surface area (Å²) < 4.78 is 19.5. The average Bonchev–Trinajstić information content (AvgIpc) is 2.61. The Labute approximate surface area is 157 Å². The average molecular weight is 366 g/mol. The van der Waals surface area contributed by atoms with Crippen LogP contribution in [-0.2, 0) is 13.2 Å². The van der Waals surface area contributed by atoms with Crippen LogP contribution in [0.4, 0.5) is 4.39 Å². The van der Waals surface area contributed by atoms with E-state index in [1.807, 2.05) is 24.3 Å². The van der Waals surface area contributed by atoms with E-state index in [1.165, 1.54) is 38.2 Å². The molecule has 2 aromatic rings. The van der Waals surface area contributed by atoms with Crippen LogP contribution in [0.15, 0.2) is 48.5 Å². The molecule has 0 saturated carbocycles. The summed E-state index contributed by atoms with van der Waals surface area (Å²) in [6.07, 6.45) is 6.41. The van der Waals surface area contributed by atoms with Crippen molar-refractivity contribution in [2.75, 3.05) is 6.54 Å². The Hall–Kier alpha value is -1.58. The van der Waals surface area contributed by atoms with Crippen LogP contribution in [0.1, 0.15) is 50.2 Å². The molecule has 0 aliphatic carbocycles. The maximum absolute atomic E-state index is 13.7. The largest absolute Gasteiger partial charge is 0.488 e. The Balaban J connectivity index is 0.00000312. The Kier molecular flexibility index (Phi) is 10.9. The number of para-hydroxylation sites is 1. The predicted octanol–water partition coefficient (Wildman–Crippen LogP) is 5.89. The van der Waals surface area contributed by atoms with Gasteiger partial charge in [-0.2, -0.15) is 0 Å². The Morgan fingerprint density at radius 2 is 1.56 bits per heavy atom. The van der Waals surface area contributed by atoms with Gasteiger partial charge in [0.1, 0.15) is 18.2 Å². The molecule has 0 amide bonds. The minimum atomic E-state index is -0.222. The molecule has 0 aliphatic heterocycles. The van der Waals surface area contributed by atoms with Gasteiger partial charge in [0, 0.05) is 17.7 Å². The lowest BCUT2D eigenvalue weighted by atomic mass is 10.1. The number of hydrogen-bond donors (Lipinski definition) is 1. The molecule has 2 rings (SSSR count). The number of halogens is 2. The molecule has 138 valence electrons. The summed E-state index contributed by atoms with van der Waals surface area (Å²) in [6.45, 7) is 4.28. The third kappa shape index (κ3) is 7.89. The lowest BCUT2D eigenvalue weighted by molar-refractivity contribution is 0.296. The number of benzene rings is 2. The molecule has 1 N–H and O–H groups in total. The van der Waals surface area contributed by atoms with E-state index in [2.05, 4.69) is 18.3 Å². The molecule has 25 heavy (non-hydrogen) atoms. The summed E-state index contributed by atoms with van der Waals surface area (Å²) in [5.41, 5.74) is 1.69. The second-order valence-corrected chi connectivity index (χ2v) is 6.08. The van der Waals surface area contributed by atoms with Gasteiger partial charge in [0.15, 0.2) is 0 Å². The molecule has 0 aliphatic rings. The van der Waals surface area contributed by atoms with Crippen LogP contribution in [0.25, 0.3) is 0 Å². The number of hydrogen-bond acceptors (Lipinski definition) is 2. The first-order chi connectivity index (χ1) is 11.8. The second kappa shape index (κ2) is 12.7. The van der Waals surface area contributed by atoms with E-state index < -0.39 is 0 Å². The molecule has 0 atom stereocenters. The molecule has 0 aromatic heterocycles. The van der Waals surface area contributed by atoms with Gasteiger partial charge in [-0.1, -0.05) is 69.0 Å². The van der Waals surface area contributed by atoms with Gasteiger partial charge in [0.05, 0.1) is 0 Å². The van der Waals surface area contributed by atoms with Crippen molar-refractivity contribution in [2.45, 2.75) is 52.2 Å². The van der Waals surface area contributed by atoms with Gasteiger partial charge in [-0.05, 0) is 25.1 Å². The highest BCUT2D eigenvalue weighted by Gasteiger charge is 2.05. The van der Waals surface area contributed by atoms with Crippen LogP contribution in [0.2, 0.25) is 0 Å². The summed E-state index contributed by atoms with van der Waals surface area (Å²) in [5.74, 6) is 0.597. The Bertz CT molecular complexity index is 606. The third-order valence-corrected chi connectivity index (χ3v) is 4.09. The summed E-state index contributed by atoms with van der Waals surface area (Å²) >= 11 is 0. The fourth-order valence-corrected chi connectivity index (χ4v) is 2.64. The van der Waals surface area contributed by atoms with Crippen LogP contribution in [-0.4, -0.2) is 6.54 Å². The van der Waals surface area contributed by atoms with Crippen molar-refractivity contribution >= 4 is 12.4 Å². The molecule has 0 fully saturated rings. The first kappa shape index (κ1) is 21.5. The highest BCUT2D eigenvalue weighted by atomic mass is 35.5. The minimum absolute atomic E-state index is 0. The van der Waals surface area contributed by atoms with Crippen molar-refractivity contribution in [1.82, 2.24) is 5.32 Å². The number of nitrogens with one attached hydrogen (secondary N) is 1. The molecule has 0 bridgehead atoms. The molecule has 2 nitrogen and oxygen atoms in total. The van der Waals surface area contributed by atoms with E-state index >= 15 is 0 Å². The van der Waals surface area contributed by atoms with E-state index in [9.17, 15) is 4.39 Å². The quantitative estimate of drug-likeness (QED) is 0.501. The van der Waals surface area contributed by atoms with Gasteiger partial charge in [-0.3, -0.25) is 0 Å². The van der Waals surface area contributed by atoms with Gasteiger partial charge >= 0.3 is 0 Å². The fraction of sp³-hybridized carbons (Fsp3) is 0.429. The zero-order valence-corrected chi connectivity index (χ0v) is 15.8. The SMILES string of the molecule is CCCCCCCNCc1ccccc1OCc1ccccc1F.Cl. The topological polar surface area (TPSA) is 21.3 Å². The van der Waals surface area contributed by atoms with E-state index in [-0.39, 0.29) is 24.8 Å². The molecule has 2 aromatic carbocycles. The van der Waals surface area contributed by atoms with E-state index in [0.717, 1.165) is 24.4 Å². The Morgan fingerprint density at radius 3 is 2.32 bits per heavy atom. The highest BCUT2D eigenvalue weighted by molar-refractivity contribution is 5.85. The lowest BCUT2D eigenvalue weighted by Gasteiger charge is -2.12. The first-order valence-electron chi connectivity index (χ1n) is 8.96. The Morgan fingerprint density at radius 1 is 0.880 bits per heavy atom. The molecule has 4 heteroatoms. The van der Waals surface area contributed by atoms with Crippen molar-refractivity contribution in [1.29, 1.82) is 0 Å². The number of unbranched alkanes of at least 4 members (excludes halogenated alkanes) is 4. The maximum atomic E-state index is 13.7. The van der Waals surface area contributed by atoms with Crippen molar-refractivity contribution in [3.8, 4) is 5.75 Å². The van der Waals surface area contributed by atoms with Crippen molar-refractivity contribution in [3.63, 3.8) is 0 Å².